The summed E-state index contributed by atoms with van der Waals surface area (Å²) in [5.41, 5.74) is 0. The fourth-order valence-corrected chi connectivity index (χ4v) is 2.41. The number of hydrogen-bond acceptors (Lipinski definition) is 4. The molecule has 4 heteroatoms. The third-order valence-electron chi connectivity index (χ3n) is 3.57. The normalized spacial score (nSPS) is 22.4. The van der Waals surface area contributed by atoms with Crippen LogP contribution in [0, 0.1) is 5.92 Å². The van der Waals surface area contributed by atoms with Crippen molar-refractivity contribution in [2.75, 3.05) is 33.3 Å². The number of rotatable bonds is 5. The van der Waals surface area contributed by atoms with Gasteiger partial charge in [-0.15, -0.1) is 0 Å². The highest BCUT2D eigenvalue weighted by molar-refractivity contribution is 5.71. The fraction of sp³-hybridized carbons (Fsp3) is 0.917. The molecule has 0 radical (unpaired) electrons. The number of carbonyl (C=O) groups is 1. The molecule has 16 heavy (non-hydrogen) atoms. The number of nitrogens with one attached hydrogen (secondary N) is 1. The van der Waals surface area contributed by atoms with Crippen molar-refractivity contribution in [3.63, 3.8) is 0 Å². The van der Waals surface area contributed by atoms with Crippen molar-refractivity contribution < 1.29 is 9.53 Å². The first-order valence-corrected chi connectivity index (χ1v) is 6.31. The quantitative estimate of drug-likeness (QED) is 0.698. The van der Waals surface area contributed by atoms with E-state index in [1.807, 2.05) is 0 Å². The molecule has 1 aliphatic carbocycles. The Morgan fingerprint density at radius 3 is 2.56 bits per heavy atom. The first kappa shape index (κ1) is 11.9. The van der Waals surface area contributed by atoms with Gasteiger partial charge in [-0.2, -0.15) is 0 Å². The highest BCUT2D eigenvalue weighted by Crippen LogP contribution is 2.28. The van der Waals surface area contributed by atoms with Gasteiger partial charge in [0.05, 0.1) is 13.7 Å². The minimum Gasteiger partial charge on any atom is -0.468 e. The van der Waals surface area contributed by atoms with Crippen molar-refractivity contribution in [1.82, 2.24) is 10.2 Å². The topological polar surface area (TPSA) is 41.6 Å². The van der Waals surface area contributed by atoms with Crippen molar-refractivity contribution in [2.24, 2.45) is 5.92 Å². The van der Waals surface area contributed by atoms with Crippen LogP contribution < -0.4 is 5.32 Å². The van der Waals surface area contributed by atoms with Gasteiger partial charge >= 0.3 is 5.97 Å². The summed E-state index contributed by atoms with van der Waals surface area (Å²) in [6.45, 7) is 3.80. The van der Waals surface area contributed by atoms with Gasteiger partial charge in [0, 0.05) is 12.6 Å². The SMILES string of the molecule is COC(=O)CN(CC1CCNCC1)C1CC1. The van der Waals surface area contributed by atoms with E-state index in [1.54, 1.807) is 0 Å². The highest BCUT2D eigenvalue weighted by atomic mass is 16.5. The van der Waals surface area contributed by atoms with E-state index in [2.05, 4.69) is 10.2 Å². The molecule has 1 N–H and O–H groups in total. The summed E-state index contributed by atoms with van der Waals surface area (Å²) in [6, 6.07) is 0.647. The standard InChI is InChI=1S/C12H22N2O2/c1-16-12(15)9-14(11-2-3-11)8-10-4-6-13-7-5-10/h10-11,13H,2-9H2,1H3. The third kappa shape index (κ3) is 3.46. The van der Waals surface area contributed by atoms with E-state index in [-0.39, 0.29) is 5.97 Å². The Morgan fingerprint density at radius 1 is 1.31 bits per heavy atom. The summed E-state index contributed by atoms with van der Waals surface area (Å²) in [7, 11) is 1.47. The first-order valence-electron chi connectivity index (χ1n) is 6.31. The van der Waals surface area contributed by atoms with Gasteiger partial charge in [0.15, 0.2) is 0 Å². The Labute approximate surface area is 97.3 Å². The zero-order valence-corrected chi connectivity index (χ0v) is 10.1. The average molecular weight is 226 g/mol. The molecule has 0 amide bonds. The van der Waals surface area contributed by atoms with E-state index in [4.69, 9.17) is 4.74 Å². The van der Waals surface area contributed by atoms with Crippen molar-refractivity contribution in [3.8, 4) is 0 Å². The molecule has 4 nitrogen and oxygen atoms in total. The molecule has 92 valence electrons. The van der Waals surface area contributed by atoms with E-state index >= 15 is 0 Å². The molecule has 1 aliphatic heterocycles. The van der Waals surface area contributed by atoms with Gasteiger partial charge in [-0.1, -0.05) is 0 Å². The monoisotopic (exact) mass is 226 g/mol. The Balaban J connectivity index is 1.79. The molecule has 1 saturated heterocycles. The summed E-state index contributed by atoms with van der Waals surface area (Å²) >= 11 is 0. The maximum atomic E-state index is 11.3. The summed E-state index contributed by atoms with van der Waals surface area (Å²) in [5, 5.41) is 3.37. The Morgan fingerprint density at radius 2 is 2.00 bits per heavy atom. The van der Waals surface area contributed by atoms with Gasteiger partial charge in [0.1, 0.15) is 0 Å². The molecule has 0 bridgehead atoms. The Hall–Kier alpha value is -0.610. The molecule has 1 heterocycles. The van der Waals surface area contributed by atoms with Crippen LogP contribution in [0.4, 0.5) is 0 Å². The van der Waals surface area contributed by atoms with Crippen molar-refractivity contribution in [3.05, 3.63) is 0 Å². The number of hydrogen-bond donors (Lipinski definition) is 1. The molecule has 1 saturated carbocycles. The van der Waals surface area contributed by atoms with Crippen LogP contribution in [-0.4, -0.2) is 50.2 Å². The van der Waals surface area contributed by atoms with Gasteiger partial charge in [-0.05, 0) is 44.7 Å². The van der Waals surface area contributed by atoms with Crippen LogP contribution in [0.5, 0.6) is 0 Å². The number of methoxy groups -OCH3 is 1. The molecule has 0 aromatic rings. The smallest absolute Gasteiger partial charge is 0.319 e. The molecule has 0 aromatic heterocycles. The fourth-order valence-electron chi connectivity index (χ4n) is 2.41. The largest absolute Gasteiger partial charge is 0.468 e. The molecule has 0 atom stereocenters. The summed E-state index contributed by atoms with van der Waals surface area (Å²) in [4.78, 5) is 13.6. The van der Waals surface area contributed by atoms with E-state index in [0.717, 1.165) is 25.6 Å². The van der Waals surface area contributed by atoms with E-state index < -0.39 is 0 Å². The lowest BCUT2D eigenvalue weighted by atomic mass is 9.97. The zero-order valence-electron chi connectivity index (χ0n) is 10.1. The molecule has 0 unspecified atom stereocenters. The van der Waals surface area contributed by atoms with E-state index in [0.29, 0.717) is 12.6 Å². The van der Waals surface area contributed by atoms with Crippen LogP contribution in [0.1, 0.15) is 25.7 Å². The lowest BCUT2D eigenvalue weighted by Crippen LogP contribution is -2.40. The molecule has 2 fully saturated rings. The summed E-state index contributed by atoms with van der Waals surface area (Å²) < 4.78 is 4.75. The third-order valence-corrected chi connectivity index (χ3v) is 3.57. The van der Waals surface area contributed by atoms with Gasteiger partial charge in [-0.3, -0.25) is 9.69 Å². The molecule has 0 spiro atoms. The Kier molecular flexibility index (Phi) is 4.18. The van der Waals surface area contributed by atoms with Crippen molar-refractivity contribution in [2.45, 2.75) is 31.7 Å². The van der Waals surface area contributed by atoms with Crippen molar-refractivity contribution >= 4 is 5.97 Å². The second-order valence-electron chi connectivity index (χ2n) is 4.93. The minimum absolute atomic E-state index is 0.0964. The van der Waals surface area contributed by atoms with Crippen LogP contribution in [0.2, 0.25) is 0 Å². The van der Waals surface area contributed by atoms with Gasteiger partial charge in [0.25, 0.3) is 0 Å². The summed E-state index contributed by atoms with van der Waals surface area (Å²) in [6.07, 6.45) is 4.98. The lowest BCUT2D eigenvalue weighted by Gasteiger charge is -2.29. The second kappa shape index (κ2) is 5.64. The predicted molar refractivity (Wildman–Crippen MR) is 62.2 cm³/mol. The maximum Gasteiger partial charge on any atom is 0.319 e. The van der Waals surface area contributed by atoms with Gasteiger partial charge < -0.3 is 10.1 Å². The highest BCUT2D eigenvalue weighted by Gasteiger charge is 2.32. The Bertz CT molecular complexity index is 235. The van der Waals surface area contributed by atoms with Crippen LogP contribution in [0.3, 0.4) is 0 Å². The maximum absolute atomic E-state index is 11.3. The molecule has 2 aliphatic rings. The number of ether oxygens (including phenoxy) is 1. The van der Waals surface area contributed by atoms with Crippen LogP contribution >= 0.6 is 0 Å². The van der Waals surface area contributed by atoms with Crippen LogP contribution in [-0.2, 0) is 9.53 Å². The zero-order chi connectivity index (χ0) is 11.4. The van der Waals surface area contributed by atoms with Crippen LogP contribution in [0.15, 0.2) is 0 Å². The lowest BCUT2D eigenvalue weighted by molar-refractivity contribution is -0.142. The van der Waals surface area contributed by atoms with E-state index in [1.165, 1.54) is 32.8 Å². The second-order valence-corrected chi connectivity index (χ2v) is 4.93. The van der Waals surface area contributed by atoms with Crippen molar-refractivity contribution in [1.29, 1.82) is 0 Å². The van der Waals surface area contributed by atoms with Gasteiger partial charge in [-0.25, -0.2) is 0 Å². The molecule has 2 rings (SSSR count). The average Bonchev–Trinajstić information content (AvgIpc) is 3.13. The molecule has 0 aromatic carbocycles. The minimum atomic E-state index is -0.0964. The number of esters is 1. The van der Waals surface area contributed by atoms with E-state index in [9.17, 15) is 4.79 Å². The van der Waals surface area contributed by atoms with Gasteiger partial charge in [0.2, 0.25) is 0 Å². The predicted octanol–water partition coefficient (Wildman–Crippen LogP) is 0.623. The summed E-state index contributed by atoms with van der Waals surface area (Å²) in [5.74, 6) is 0.660. The number of carbonyl (C=O) groups excluding carboxylic acids is 1. The first-order chi connectivity index (χ1) is 7.79. The number of nitrogens with zero attached hydrogens (tertiary/aromatic N) is 1. The number of piperidine rings is 1. The van der Waals surface area contributed by atoms with Crippen LogP contribution in [0.25, 0.3) is 0 Å². The molecular weight excluding hydrogens is 204 g/mol. The molecular formula is C12H22N2O2.